The maximum Gasteiger partial charge on any atom is 0.415 e. The van der Waals surface area contributed by atoms with E-state index in [-0.39, 0.29) is 0 Å². The van der Waals surface area contributed by atoms with Crippen LogP contribution in [-0.4, -0.2) is 34.9 Å². The van der Waals surface area contributed by atoms with Crippen LogP contribution < -0.4 is 5.32 Å². The Morgan fingerprint density at radius 1 is 1.06 bits per heavy atom. The van der Waals surface area contributed by atoms with Gasteiger partial charge in [0.15, 0.2) is 0 Å². The lowest BCUT2D eigenvalue weighted by Gasteiger charge is -2.41. The minimum Gasteiger partial charge on any atom is -0.289 e. The first-order valence-corrected chi connectivity index (χ1v) is 5.63. The molecule has 2 aliphatic rings. The van der Waals surface area contributed by atoms with Gasteiger partial charge in [-0.15, -0.1) is 0 Å². The zero-order chi connectivity index (χ0) is 13.2. The van der Waals surface area contributed by atoms with Crippen LogP contribution >= 0.6 is 15.9 Å². The quantitative estimate of drug-likeness (QED) is 0.532. The maximum absolute atomic E-state index is 13.2. The van der Waals surface area contributed by atoms with Crippen LogP contribution in [0.1, 0.15) is 6.42 Å². The van der Waals surface area contributed by atoms with Gasteiger partial charge in [-0.3, -0.25) is 5.32 Å². The fourth-order valence-electron chi connectivity index (χ4n) is 2.67. The Bertz CT molecular complexity index is 311. The topological polar surface area (TPSA) is 12.0 Å². The molecule has 2 bridgehead atoms. The van der Waals surface area contributed by atoms with E-state index in [2.05, 4.69) is 15.9 Å². The number of halogens is 8. The summed E-state index contributed by atoms with van der Waals surface area (Å²) in [5, 5.41) is 1.41. The molecule has 0 amide bonds. The van der Waals surface area contributed by atoms with Crippen molar-refractivity contribution in [2.24, 2.45) is 5.92 Å². The van der Waals surface area contributed by atoms with E-state index < -0.39 is 47.3 Å². The first kappa shape index (κ1) is 13.4. The van der Waals surface area contributed by atoms with Gasteiger partial charge < -0.3 is 0 Å². The standard InChI is InChI=1S/C8H7BrF7N/c9-4-2-1-3(10)5(4)17-6(2,7(11,12)13)8(14,15)16/h2-5,17H,1H2/t2-,3-,4-,5-/m0/s1. The summed E-state index contributed by atoms with van der Waals surface area (Å²) in [6.45, 7) is 0. The monoisotopic (exact) mass is 329 g/mol. The molecule has 17 heavy (non-hydrogen) atoms. The van der Waals surface area contributed by atoms with Crippen molar-refractivity contribution in [2.75, 3.05) is 0 Å². The zero-order valence-corrected chi connectivity index (χ0v) is 9.63. The summed E-state index contributed by atoms with van der Waals surface area (Å²) < 4.78 is 89.6. The van der Waals surface area contributed by atoms with E-state index in [1.807, 2.05) is 0 Å². The predicted octanol–water partition coefficient (Wildman–Crippen LogP) is 2.94. The lowest BCUT2D eigenvalue weighted by Crippen LogP contribution is -2.70. The Labute approximate surface area is 99.9 Å². The van der Waals surface area contributed by atoms with Crippen LogP contribution in [0.4, 0.5) is 30.7 Å². The number of hydrogen-bond acceptors (Lipinski definition) is 1. The van der Waals surface area contributed by atoms with Crippen molar-refractivity contribution in [1.29, 1.82) is 0 Å². The molecule has 1 heterocycles. The van der Waals surface area contributed by atoms with Crippen molar-refractivity contribution in [3.8, 4) is 0 Å². The van der Waals surface area contributed by atoms with Gasteiger partial charge in [-0.1, -0.05) is 15.9 Å². The Morgan fingerprint density at radius 3 is 1.76 bits per heavy atom. The van der Waals surface area contributed by atoms with Gasteiger partial charge in [0.1, 0.15) is 6.17 Å². The summed E-state index contributed by atoms with van der Waals surface area (Å²) in [6.07, 6.45) is -13.4. The second-order valence-electron chi connectivity index (χ2n) is 4.28. The van der Waals surface area contributed by atoms with E-state index in [1.54, 1.807) is 0 Å². The summed E-state index contributed by atoms with van der Waals surface area (Å²) in [7, 11) is 0. The number of alkyl halides is 8. The lowest BCUT2D eigenvalue weighted by molar-refractivity contribution is -0.319. The molecule has 0 unspecified atom stereocenters. The van der Waals surface area contributed by atoms with Gasteiger partial charge in [0.25, 0.3) is 0 Å². The zero-order valence-electron chi connectivity index (χ0n) is 8.04. The molecule has 1 aliphatic carbocycles. The maximum atomic E-state index is 13.2. The normalized spacial score (nSPS) is 40.9. The minimum absolute atomic E-state index is 0.743. The number of hydrogen-bond donors (Lipinski definition) is 1. The molecular weight excluding hydrogens is 323 g/mol. The van der Waals surface area contributed by atoms with Crippen LogP contribution in [0, 0.1) is 5.92 Å². The molecule has 0 aromatic rings. The molecule has 2 fully saturated rings. The Balaban J connectivity index is 2.48. The molecular formula is C8H7BrF7N. The third-order valence-corrected chi connectivity index (χ3v) is 4.65. The molecule has 1 aliphatic heterocycles. The van der Waals surface area contributed by atoms with Crippen molar-refractivity contribution in [1.82, 2.24) is 5.32 Å². The first-order valence-electron chi connectivity index (χ1n) is 4.71. The average Bonchev–Trinajstić information content (AvgIpc) is 2.53. The van der Waals surface area contributed by atoms with Crippen molar-refractivity contribution in [2.45, 2.75) is 41.4 Å². The highest BCUT2D eigenvalue weighted by Gasteiger charge is 2.81. The van der Waals surface area contributed by atoms with Gasteiger partial charge >= 0.3 is 12.4 Å². The molecule has 1 nitrogen and oxygen atoms in total. The summed E-state index contributed by atoms with van der Waals surface area (Å²) in [5.74, 6) is -1.87. The molecule has 0 radical (unpaired) electrons. The van der Waals surface area contributed by atoms with Gasteiger partial charge in [0, 0.05) is 10.7 Å². The molecule has 1 N–H and O–H groups in total. The van der Waals surface area contributed by atoms with Crippen molar-refractivity contribution in [3.05, 3.63) is 0 Å². The van der Waals surface area contributed by atoms with Crippen LogP contribution in [0.3, 0.4) is 0 Å². The molecule has 4 atom stereocenters. The van der Waals surface area contributed by atoms with Gasteiger partial charge in [-0.25, -0.2) is 4.39 Å². The Morgan fingerprint density at radius 2 is 1.53 bits per heavy atom. The Kier molecular flexibility index (Phi) is 2.75. The SMILES string of the molecule is F[C@H]1C[C@H]2[C@H](Br)[C@H]1NC2(C(F)(F)F)C(F)(F)F. The molecule has 1 saturated carbocycles. The summed E-state index contributed by atoms with van der Waals surface area (Å²) in [5.41, 5.74) is -4.00. The smallest absolute Gasteiger partial charge is 0.289 e. The second-order valence-corrected chi connectivity index (χ2v) is 5.33. The molecule has 0 spiro atoms. The van der Waals surface area contributed by atoms with E-state index in [4.69, 9.17) is 0 Å². The van der Waals surface area contributed by atoms with Crippen molar-refractivity contribution >= 4 is 15.9 Å². The van der Waals surface area contributed by atoms with E-state index in [1.165, 1.54) is 5.32 Å². The number of fused-ring (bicyclic) bond motifs is 2. The summed E-state index contributed by atoms with van der Waals surface area (Å²) in [6, 6.07) is -1.46. The van der Waals surface area contributed by atoms with Crippen molar-refractivity contribution in [3.63, 3.8) is 0 Å². The predicted molar refractivity (Wildman–Crippen MR) is 47.5 cm³/mol. The molecule has 0 aromatic carbocycles. The molecule has 0 aromatic heterocycles. The Hall–Kier alpha value is -0.0500. The van der Waals surface area contributed by atoms with Crippen LogP contribution in [0.5, 0.6) is 0 Å². The molecule has 2 rings (SSSR count). The van der Waals surface area contributed by atoms with E-state index in [0.29, 0.717) is 0 Å². The van der Waals surface area contributed by atoms with Gasteiger partial charge in [-0.05, 0) is 6.42 Å². The highest BCUT2D eigenvalue weighted by atomic mass is 79.9. The van der Waals surface area contributed by atoms with Crippen LogP contribution in [-0.2, 0) is 0 Å². The highest BCUT2D eigenvalue weighted by molar-refractivity contribution is 9.09. The van der Waals surface area contributed by atoms with E-state index in [9.17, 15) is 30.7 Å². The fraction of sp³-hybridized carbons (Fsp3) is 1.00. The second kappa shape index (κ2) is 3.49. The summed E-state index contributed by atoms with van der Waals surface area (Å²) in [4.78, 5) is -1.17. The number of nitrogens with one attached hydrogen (secondary N) is 1. The third kappa shape index (κ3) is 1.54. The van der Waals surface area contributed by atoms with Crippen molar-refractivity contribution < 1.29 is 30.7 Å². The van der Waals surface area contributed by atoms with Gasteiger partial charge in [0.2, 0.25) is 5.54 Å². The van der Waals surface area contributed by atoms with Crippen LogP contribution in [0.2, 0.25) is 0 Å². The molecule has 1 saturated heterocycles. The highest BCUT2D eigenvalue weighted by Crippen LogP contribution is 2.59. The van der Waals surface area contributed by atoms with Gasteiger partial charge in [-0.2, -0.15) is 26.3 Å². The lowest BCUT2D eigenvalue weighted by atomic mass is 9.82. The summed E-state index contributed by atoms with van der Waals surface area (Å²) >= 11 is 2.73. The average molecular weight is 330 g/mol. The van der Waals surface area contributed by atoms with E-state index >= 15 is 0 Å². The first-order chi connectivity index (χ1) is 7.52. The van der Waals surface area contributed by atoms with Crippen LogP contribution in [0.15, 0.2) is 0 Å². The number of rotatable bonds is 0. The largest absolute Gasteiger partial charge is 0.415 e. The number of piperidine rings is 1. The molecule has 100 valence electrons. The van der Waals surface area contributed by atoms with Crippen LogP contribution in [0.25, 0.3) is 0 Å². The third-order valence-electron chi connectivity index (χ3n) is 3.44. The van der Waals surface area contributed by atoms with E-state index in [0.717, 1.165) is 0 Å². The van der Waals surface area contributed by atoms with Gasteiger partial charge in [0.05, 0.1) is 6.04 Å². The fourth-order valence-corrected chi connectivity index (χ4v) is 3.75. The molecule has 9 heteroatoms. The minimum atomic E-state index is -5.50.